The fourth-order valence-electron chi connectivity index (χ4n) is 5.05. The molecule has 2 saturated carbocycles. The monoisotopic (exact) mass is 473 g/mol. The number of carbonyl (C=O) groups is 1. The quantitative estimate of drug-likeness (QED) is 0.330. The van der Waals surface area contributed by atoms with Gasteiger partial charge >= 0.3 is 0 Å². The summed E-state index contributed by atoms with van der Waals surface area (Å²) >= 11 is 0. The van der Waals surface area contributed by atoms with Crippen molar-refractivity contribution in [1.82, 2.24) is 15.0 Å². The molecule has 2 aliphatic carbocycles. The molecule has 2 fully saturated rings. The van der Waals surface area contributed by atoms with Crippen LogP contribution in [0.1, 0.15) is 64.7 Å². The van der Waals surface area contributed by atoms with E-state index in [1.54, 1.807) is 0 Å². The number of nitrogens with zero attached hydrogens (tertiary/aromatic N) is 2. The lowest BCUT2D eigenvalue weighted by molar-refractivity contribution is -0.111. The molecule has 5 rings (SSSR count). The van der Waals surface area contributed by atoms with Crippen LogP contribution in [-0.4, -0.2) is 28.3 Å². The normalized spacial score (nSPS) is 20.5. The average Bonchev–Trinajstić information content (AvgIpc) is 3.33. The lowest BCUT2D eigenvalue weighted by Gasteiger charge is -2.28. The van der Waals surface area contributed by atoms with Gasteiger partial charge in [0, 0.05) is 36.0 Å². The first-order chi connectivity index (χ1) is 17.1. The van der Waals surface area contributed by atoms with Crippen molar-refractivity contribution >= 4 is 28.8 Å². The van der Waals surface area contributed by atoms with Gasteiger partial charge in [-0.25, -0.2) is 9.97 Å². The predicted molar refractivity (Wildman–Crippen MR) is 145 cm³/mol. The van der Waals surface area contributed by atoms with E-state index in [0.717, 1.165) is 64.7 Å². The third kappa shape index (κ3) is 6.71. The van der Waals surface area contributed by atoms with Crippen molar-refractivity contribution in [1.29, 1.82) is 0 Å². The van der Waals surface area contributed by atoms with Crippen LogP contribution in [0.3, 0.4) is 0 Å². The molecule has 6 nitrogen and oxygen atoms in total. The average molecular weight is 474 g/mol. The Labute approximate surface area is 209 Å². The van der Waals surface area contributed by atoms with Crippen LogP contribution < -0.4 is 10.6 Å². The molecule has 3 N–H and O–H groups in total. The molecular formula is C29H39N5O. The maximum Gasteiger partial charge on any atom is 0.138 e. The number of nitrogens with one attached hydrogen (secondary N) is 3. The molecule has 0 bridgehead atoms. The zero-order valence-electron chi connectivity index (χ0n) is 21.1. The minimum absolute atomic E-state index is 0.406. The number of H-pyrrole nitrogens is 1. The zero-order chi connectivity index (χ0) is 24.6. The zero-order valence-corrected chi connectivity index (χ0v) is 21.1. The number of fused-ring (bicyclic) bond motifs is 1. The topological polar surface area (TPSA) is 82.7 Å². The second kappa shape index (κ2) is 12.0. The third-order valence-corrected chi connectivity index (χ3v) is 7.45. The van der Waals surface area contributed by atoms with Crippen molar-refractivity contribution < 1.29 is 4.79 Å². The minimum Gasteiger partial charge on any atom is -0.388 e. The number of rotatable bonds is 6. The molecule has 0 aliphatic heterocycles. The van der Waals surface area contributed by atoms with E-state index in [1.165, 1.54) is 44.9 Å². The molecule has 2 heterocycles. The van der Waals surface area contributed by atoms with Gasteiger partial charge in [-0.2, -0.15) is 0 Å². The first-order valence-electron chi connectivity index (χ1n) is 13.1. The second-order valence-electron chi connectivity index (χ2n) is 10.1. The summed E-state index contributed by atoms with van der Waals surface area (Å²) in [4.78, 5) is 22.8. The third-order valence-electron chi connectivity index (χ3n) is 7.45. The van der Waals surface area contributed by atoms with Crippen LogP contribution in [0.2, 0.25) is 0 Å². The minimum atomic E-state index is 0.406. The fraction of sp³-hybridized carbons (Fsp3) is 0.483. The van der Waals surface area contributed by atoms with Gasteiger partial charge in [0.15, 0.2) is 0 Å². The van der Waals surface area contributed by atoms with Gasteiger partial charge in [-0.15, -0.1) is 0 Å². The number of benzene rings is 1. The molecule has 0 spiro atoms. The molecule has 0 saturated heterocycles. The largest absolute Gasteiger partial charge is 0.388 e. The van der Waals surface area contributed by atoms with E-state index in [4.69, 9.17) is 4.98 Å². The Morgan fingerprint density at radius 3 is 2.40 bits per heavy atom. The molecule has 0 atom stereocenters. The van der Waals surface area contributed by atoms with Gasteiger partial charge in [-0.3, -0.25) is 0 Å². The maximum atomic E-state index is 10.2. The highest BCUT2D eigenvalue weighted by molar-refractivity contribution is 5.81. The Kier molecular flexibility index (Phi) is 8.56. The Morgan fingerprint density at radius 1 is 1.06 bits per heavy atom. The number of aldehydes is 1. The van der Waals surface area contributed by atoms with Gasteiger partial charge in [0.25, 0.3) is 0 Å². The Balaban J connectivity index is 0.000000308. The summed E-state index contributed by atoms with van der Waals surface area (Å²) in [5.74, 6) is 3.46. The predicted octanol–water partition coefficient (Wildman–Crippen LogP) is 7.18. The molecule has 1 aromatic carbocycles. The lowest BCUT2D eigenvalue weighted by Crippen LogP contribution is -2.18. The number of anilines is 2. The number of carbonyl (C=O) groups excluding carboxylic acids is 1. The molecule has 0 radical (unpaired) electrons. The summed E-state index contributed by atoms with van der Waals surface area (Å²) < 4.78 is 0. The van der Waals surface area contributed by atoms with Crippen molar-refractivity contribution in [3.8, 4) is 11.4 Å². The van der Waals surface area contributed by atoms with Crippen LogP contribution in [0.15, 0.2) is 48.8 Å². The highest BCUT2D eigenvalue weighted by Crippen LogP contribution is 2.33. The SMILES string of the molecule is C=C(Nc1cc2nc(-c3ccc(NC)cc3)[nH]c2cn1)C1CCC(C)CC1.O=CC1CCCCC1. The summed E-state index contributed by atoms with van der Waals surface area (Å²) in [6.07, 6.45) is 14.1. The van der Waals surface area contributed by atoms with Crippen molar-refractivity contribution in [3.05, 3.63) is 48.8 Å². The number of aromatic amines is 1. The first kappa shape index (κ1) is 25.0. The summed E-state index contributed by atoms with van der Waals surface area (Å²) in [6, 6.07) is 10.2. The summed E-state index contributed by atoms with van der Waals surface area (Å²) in [5, 5.41) is 6.55. The van der Waals surface area contributed by atoms with Crippen LogP contribution in [0.5, 0.6) is 0 Å². The Bertz CT molecular complexity index is 1110. The van der Waals surface area contributed by atoms with E-state index in [9.17, 15) is 4.79 Å². The number of pyridine rings is 1. The van der Waals surface area contributed by atoms with Gasteiger partial charge in [0.1, 0.15) is 17.9 Å². The van der Waals surface area contributed by atoms with Crippen LogP contribution in [-0.2, 0) is 4.79 Å². The van der Waals surface area contributed by atoms with Crippen LogP contribution in [0.25, 0.3) is 22.4 Å². The highest BCUT2D eigenvalue weighted by atomic mass is 16.1. The molecule has 0 unspecified atom stereocenters. The number of hydrogen-bond donors (Lipinski definition) is 3. The molecule has 186 valence electrons. The second-order valence-corrected chi connectivity index (χ2v) is 10.1. The lowest BCUT2D eigenvalue weighted by atomic mass is 9.81. The Morgan fingerprint density at radius 2 is 1.77 bits per heavy atom. The van der Waals surface area contributed by atoms with Crippen molar-refractivity contribution in [2.45, 2.75) is 64.7 Å². The van der Waals surface area contributed by atoms with Crippen molar-refractivity contribution in [2.24, 2.45) is 17.8 Å². The molecule has 2 aliphatic rings. The van der Waals surface area contributed by atoms with Crippen LogP contribution >= 0.6 is 0 Å². The number of allylic oxidation sites excluding steroid dienone is 1. The molecule has 35 heavy (non-hydrogen) atoms. The number of hydrogen-bond acceptors (Lipinski definition) is 5. The van der Waals surface area contributed by atoms with Crippen LogP contribution in [0, 0.1) is 17.8 Å². The molecule has 6 heteroatoms. The highest BCUT2D eigenvalue weighted by Gasteiger charge is 2.21. The van der Waals surface area contributed by atoms with Crippen LogP contribution in [0.4, 0.5) is 11.5 Å². The number of aromatic nitrogens is 3. The summed E-state index contributed by atoms with van der Waals surface area (Å²) in [6.45, 7) is 6.60. The van der Waals surface area contributed by atoms with E-state index in [1.807, 2.05) is 31.4 Å². The molecule has 2 aromatic heterocycles. The van der Waals surface area contributed by atoms with E-state index in [0.29, 0.717) is 11.8 Å². The summed E-state index contributed by atoms with van der Waals surface area (Å²) in [5.41, 5.74) is 5.06. The Hall–Kier alpha value is -3.15. The molecular weight excluding hydrogens is 434 g/mol. The van der Waals surface area contributed by atoms with E-state index in [2.05, 4.69) is 46.2 Å². The summed E-state index contributed by atoms with van der Waals surface area (Å²) in [7, 11) is 1.91. The fourth-order valence-corrected chi connectivity index (χ4v) is 5.05. The van der Waals surface area contributed by atoms with Gasteiger partial charge in [-0.05, 0) is 61.8 Å². The van der Waals surface area contributed by atoms with Gasteiger partial charge in [0.2, 0.25) is 0 Å². The van der Waals surface area contributed by atoms with E-state index < -0.39 is 0 Å². The smallest absolute Gasteiger partial charge is 0.138 e. The van der Waals surface area contributed by atoms with Gasteiger partial charge in [0.05, 0.1) is 17.2 Å². The molecule has 0 amide bonds. The number of imidazole rings is 1. The maximum absolute atomic E-state index is 10.2. The van der Waals surface area contributed by atoms with Gasteiger partial charge in [-0.1, -0.05) is 45.6 Å². The first-order valence-corrected chi connectivity index (χ1v) is 13.1. The standard InChI is InChI=1S/C22H27N5.C7H12O/c1-14-4-6-16(7-5-14)15(2)25-21-12-19-20(13-24-21)27-22(26-19)17-8-10-18(23-3)11-9-17;8-6-7-4-2-1-3-5-7/h8-14,16,23H,2,4-7H2,1,3H3,(H,24,25)(H,26,27);6-7H,1-5H2. The van der Waals surface area contributed by atoms with Crippen molar-refractivity contribution in [2.75, 3.05) is 17.7 Å². The van der Waals surface area contributed by atoms with E-state index in [-0.39, 0.29) is 0 Å². The molecule has 3 aromatic rings. The van der Waals surface area contributed by atoms with Crippen molar-refractivity contribution in [3.63, 3.8) is 0 Å². The van der Waals surface area contributed by atoms with E-state index >= 15 is 0 Å². The van der Waals surface area contributed by atoms with Gasteiger partial charge < -0.3 is 20.4 Å².